The average molecular weight is 450 g/mol. The molecule has 9 nitrogen and oxygen atoms in total. The third-order valence-electron chi connectivity index (χ3n) is 5.42. The number of nitrogens with zero attached hydrogens (tertiary/aromatic N) is 1. The zero-order valence-corrected chi connectivity index (χ0v) is 18.1. The summed E-state index contributed by atoms with van der Waals surface area (Å²) in [5.41, 5.74) is 2.66. The fraction of sp³-hybridized carbons (Fsp3) is 0.333. The van der Waals surface area contributed by atoms with Gasteiger partial charge in [0, 0.05) is 47.8 Å². The second-order valence-corrected chi connectivity index (χ2v) is 7.38. The zero-order valence-electron chi connectivity index (χ0n) is 17.3. The van der Waals surface area contributed by atoms with Crippen molar-refractivity contribution in [2.24, 2.45) is 7.05 Å². The number of rotatable bonds is 4. The molecule has 1 unspecified atom stereocenters. The first-order valence-corrected chi connectivity index (χ1v) is 9.68. The van der Waals surface area contributed by atoms with Gasteiger partial charge in [-0.2, -0.15) is 0 Å². The quantitative estimate of drug-likeness (QED) is 0.450. The Morgan fingerprint density at radius 1 is 1.39 bits per heavy atom. The number of carbonyl (C=O) groups is 1. The summed E-state index contributed by atoms with van der Waals surface area (Å²) in [6.45, 7) is 5.68. The van der Waals surface area contributed by atoms with Crippen molar-refractivity contribution in [2.45, 2.75) is 26.3 Å². The molecule has 10 heteroatoms. The van der Waals surface area contributed by atoms with E-state index < -0.39 is 23.2 Å². The molecular weight excluding hydrogens is 426 g/mol. The number of H-pyrrole nitrogens is 1. The van der Waals surface area contributed by atoms with E-state index in [4.69, 9.17) is 9.84 Å². The third-order valence-corrected chi connectivity index (χ3v) is 5.42. The molecule has 1 aliphatic rings. The highest BCUT2D eigenvalue weighted by molar-refractivity contribution is 5.90. The van der Waals surface area contributed by atoms with Crippen molar-refractivity contribution in [3.63, 3.8) is 0 Å². The normalized spacial score (nSPS) is 14.7. The molecule has 4 rings (SSSR count). The second-order valence-electron chi connectivity index (χ2n) is 7.38. The van der Waals surface area contributed by atoms with Gasteiger partial charge in [-0.15, -0.1) is 12.4 Å². The van der Waals surface area contributed by atoms with Crippen molar-refractivity contribution in [3.05, 3.63) is 39.8 Å². The second kappa shape index (κ2) is 8.52. The van der Waals surface area contributed by atoms with Crippen LogP contribution in [0.3, 0.4) is 0 Å². The number of fused-ring (bicyclic) bond motifs is 4. The molecule has 0 fully saturated rings. The molecule has 3 aromatic rings. The molecule has 0 aliphatic carbocycles. The molecule has 1 aromatic carbocycles. The van der Waals surface area contributed by atoms with E-state index in [2.05, 4.69) is 25.7 Å². The maximum absolute atomic E-state index is 12.5. The van der Waals surface area contributed by atoms with E-state index in [1.54, 1.807) is 0 Å². The lowest BCUT2D eigenvalue weighted by molar-refractivity contribution is 0.142. The Morgan fingerprint density at radius 2 is 2.13 bits per heavy atom. The first kappa shape index (κ1) is 22.5. The molecule has 1 aliphatic heterocycles. The number of benzene rings is 1. The van der Waals surface area contributed by atoms with Gasteiger partial charge in [-0.25, -0.2) is 4.79 Å². The first-order chi connectivity index (χ1) is 14.3. The molecule has 0 spiro atoms. The van der Waals surface area contributed by atoms with E-state index in [1.807, 2.05) is 33.0 Å². The van der Waals surface area contributed by atoms with Crippen molar-refractivity contribution in [1.82, 2.24) is 14.9 Å². The Morgan fingerprint density at radius 3 is 2.81 bits per heavy atom. The van der Waals surface area contributed by atoms with Gasteiger partial charge in [-0.1, -0.05) is 13.8 Å². The minimum atomic E-state index is -1.67. The molecule has 1 atom stereocenters. The van der Waals surface area contributed by atoms with Gasteiger partial charge in [0.1, 0.15) is 5.75 Å². The predicted molar refractivity (Wildman–Crippen MR) is 118 cm³/mol. The van der Waals surface area contributed by atoms with E-state index in [9.17, 15) is 14.7 Å². The highest BCUT2D eigenvalue weighted by Gasteiger charge is 2.29. The SMILES string of the molecule is CCNCc1cc2cc3c(cc2n1C)OCC(C)c1c-3[nH]c(=O)c(OC(=O)O)c1O.Cl. The number of aryl methyl sites for hydroxylation is 1. The maximum atomic E-state index is 12.5. The Labute approximate surface area is 184 Å². The van der Waals surface area contributed by atoms with Gasteiger partial charge in [0.05, 0.1) is 17.8 Å². The van der Waals surface area contributed by atoms with Crippen LogP contribution in [0.25, 0.3) is 22.2 Å². The van der Waals surface area contributed by atoms with Gasteiger partial charge in [0.25, 0.3) is 5.56 Å². The molecule has 4 N–H and O–H groups in total. The van der Waals surface area contributed by atoms with Crippen LogP contribution in [-0.2, 0) is 13.6 Å². The molecule has 166 valence electrons. The molecule has 0 radical (unpaired) electrons. The van der Waals surface area contributed by atoms with Gasteiger partial charge < -0.3 is 34.6 Å². The van der Waals surface area contributed by atoms with E-state index in [0.717, 1.165) is 23.1 Å². The number of halogens is 1. The Balaban J connectivity index is 0.00000272. The Bertz CT molecular complexity index is 1220. The molecule has 31 heavy (non-hydrogen) atoms. The summed E-state index contributed by atoms with van der Waals surface area (Å²) in [5.74, 6) is -0.856. The standard InChI is InChI=1S/C21H23N3O6.ClH/c1-4-22-8-12-5-11-6-13-15(7-14(11)24(12)3)29-9-10(2)16-17(13)23-20(26)19(18(16)25)30-21(27)28;/h5-7,10,22H,4,8-9H2,1-3H3,(H,27,28)(H2,23,25,26);1H. The summed E-state index contributed by atoms with van der Waals surface area (Å²) in [4.78, 5) is 26.1. The fourth-order valence-corrected chi connectivity index (χ4v) is 3.92. The topological polar surface area (TPSA) is 126 Å². The Hall–Kier alpha value is -3.17. The monoisotopic (exact) mass is 449 g/mol. The zero-order chi connectivity index (χ0) is 21.6. The lowest BCUT2D eigenvalue weighted by Gasteiger charge is -2.15. The summed E-state index contributed by atoms with van der Waals surface area (Å²) in [5, 5.41) is 23.8. The number of nitrogens with one attached hydrogen (secondary N) is 2. The van der Waals surface area contributed by atoms with Gasteiger partial charge in [0.2, 0.25) is 5.75 Å². The maximum Gasteiger partial charge on any atom is 0.511 e. The number of aromatic amines is 1. The fourth-order valence-electron chi connectivity index (χ4n) is 3.92. The van der Waals surface area contributed by atoms with Crippen LogP contribution >= 0.6 is 12.4 Å². The molecule has 0 saturated heterocycles. The third kappa shape index (κ3) is 3.82. The van der Waals surface area contributed by atoms with Crippen molar-refractivity contribution in [2.75, 3.05) is 13.2 Å². The molecule has 0 amide bonds. The number of pyridine rings is 1. The number of ether oxygens (including phenoxy) is 2. The first-order valence-electron chi connectivity index (χ1n) is 9.68. The van der Waals surface area contributed by atoms with Gasteiger partial charge in [0.15, 0.2) is 5.75 Å². The van der Waals surface area contributed by atoms with Crippen LogP contribution in [0.5, 0.6) is 17.2 Å². The van der Waals surface area contributed by atoms with E-state index >= 15 is 0 Å². The minimum absolute atomic E-state index is 0. The number of hydrogen-bond donors (Lipinski definition) is 4. The average Bonchev–Trinajstić information content (AvgIpc) is 2.93. The minimum Gasteiger partial charge on any atom is -0.504 e. The number of aromatic hydroxyl groups is 1. The summed E-state index contributed by atoms with van der Waals surface area (Å²) >= 11 is 0. The summed E-state index contributed by atoms with van der Waals surface area (Å²) in [6, 6.07) is 5.88. The molecule has 0 bridgehead atoms. The van der Waals surface area contributed by atoms with Crippen LogP contribution in [0.4, 0.5) is 4.79 Å². The molecular formula is C21H24ClN3O6. The van der Waals surface area contributed by atoms with Crippen LogP contribution in [0, 0.1) is 0 Å². The summed E-state index contributed by atoms with van der Waals surface area (Å²) in [6.07, 6.45) is -1.67. The van der Waals surface area contributed by atoms with Crippen molar-refractivity contribution >= 4 is 29.5 Å². The number of hydrogen-bond acceptors (Lipinski definition) is 6. The van der Waals surface area contributed by atoms with Crippen molar-refractivity contribution < 1.29 is 24.5 Å². The Kier molecular flexibility index (Phi) is 6.19. The smallest absolute Gasteiger partial charge is 0.504 e. The van der Waals surface area contributed by atoms with Crippen LogP contribution in [-0.4, -0.2) is 39.1 Å². The predicted octanol–water partition coefficient (Wildman–Crippen LogP) is 3.32. The highest BCUT2D eigenvalue weighted by atomic mass is 35.5. The summed E-state index contributed by atoms with van der Waals surface area (Å²) in [7, 11) is 1.98. The van der Waals surface area contributed by atoms with E-state index in [-0.39, 0.29) is 24.9 Å². The molecule has 0 saturated carbocycles. The van der Waals surface area contributed by atoms with Gasteiger partial charge in [-0.05, 0) is 18.7 Å². The van der Waals surface area contributed by atoms with E-state index in [0.29, 0.717) is 29.1 Å². The van der Waals surface area contributed by atoms with E-state index in [1.165, 1.54) is 0 Å². The van der Waals surface area contributed by atoms with Crippen LogP contribution < -0.4 is 20.3 Å². The van der Waals surface area contributed by atoms with Crippen LogP contribution in [0.2, 0.25) is 0 Å². The molecule has 3 heterocycles. The summed E-state index contributed by atoms with van der Waals surface area (Å²) < 4.78 is 12.6. The van der Waals surface area contributed by atoms with Crippen LogP contribution in [0.15, 0.2) is 23.0 Å². The van der Waals surface area contributed by atoms with Gasteiger partial charge >= 0.3 is 6.16 Å². The molecule has 2 aromatic heterocycles. The highest BCUT2D eigenvalue weighted by Crippen LogP contribution is 2.45. The van der Waals surface area contributed by atoms with Crippen LogP contribution in [0.1, 0.15) is 31.0 Å². The number of carboxylic acid groups (broad SMARTS) is 1. The largest absolute Gasteiger partial charge is 0.511 e. The lowest BCUT2D eigenvalue weighted by Crippen LogP contribution is -2.18. The lowest BCUT2D eigenvalue weighted by atomic mass is 9.95. The number of aromatic nitrogens is 2. The van der Waals surface area contributed by atoms with Crippen molar-refractivity contribution in [3.8, 4) is 28.5 Å². The van der Waals surface area contributed by atoms with Crippen molar-refractivity contribution in [1.29, 1.82) is 0 Å². The van der Waals surface area contributed by atoms with Gasteiger partial charge in [-0.3, -0.25) is 4.79 Å².